The van der Waals surface area contributed by atoms with E-state index in [4.69, 9.17) is 24.7 Å². The molecule has 0 aliphatic rings. The Bertz CT molecular complexity index is 346. The Morgan fingerprint density at radius 3 is 2.73 bits per heavy atom. The van der Waals surface area contributed by atoms with E-state index in [0.717, 1.165) is 0 Å². The lowest BCUT2D eigenvalue weighted by molar-refractivity contribution is -0.137. The summed E-state index contributed by atoms with van der Waals surface area (Å²) in [5.74, 6) is -0.562. The van der Waals surface area contributed by atoms with Gasteiger partial charge >= 0.3 is 5.97 Å². The van der Waals surface area contributed by atoms with Crippen LogP contribution in [0.25, 0.3) is 0 Å². The Kier molecular flexibility index (Phi) is 3.56. The quantitative estimate of drug-likeness (QED) is 0.753. The van der Waals surface area contributed by atoms with Gasteiger partial charge in [0.25, 0.3) is 11.9 Å². The maximum absolute atomic E-state index is 10.5. The number of rotatable bonds is 5. The van der Waals surface area contributed by atoms with E-state index in [9.17, 15) is 4.79 Å². The minimum absolute atomic E-state index is 0.181. The highest BCUT2D eigenvalue weighted by Gasteiger charge is 2.20. The third-order valence-corrected chi connectivity index (χ3v) is 1.88. The molecule has 0 aliphatic carbocycles. The van der Waals surface area contributed by atoms with Crippen LogP contribution in [0.5, 0.6) is 11.9 Å². The van der Waals surface area contributed by atoms with Gasteiger partial charge in [-0.25, -0.2) is 0 Å². The van der Waals surface area contributed by atoms with Crippen molar-refractivity contribution in [1.82, 2.24) is 0 Å². The van der Waals surface area contributed by atoms with E-state index >= 15 is 0 Å². The van der Waals surface area contributed by atoms with Crippen LogP contribution in [0.1, 0.15) is 18.0 Å². The second-order valence-corrected chi connectivity index (χ2v) is 2.92. The van der Waals surface area contributed by atoms with Crippen LogP contribution >= 0.6 is 0 Å². The highest BCUT2D eigenvalue weighted by molar-refractivity contribution is 5.68. The molecule has 1 aromatic rings. The van der Waals surface area contributed by atoms with Gasteiger partial charge in [-0.15, -0.1) is 0 Å². The highest BCUT2D eigenvalue weighted by atomic mass is 16.6. The van der Waals surface area contributed by atoms with Crippen LogP contribution < -0.4 is 15.2 Å². The van der Waals surface area contributed by atoms with Gasteiger partial charge in [0.1, 0.15) is 0 Å². The van der Waals surface area contributed by atoms with Crippen LogP contribution in [0.4, 0.5) is 0 Å². The first-order valence-electron chi connectivity index (χ1n) is 4.27. The van der Waals surface area contributed by atoms with Gasteiger partial charge < -0.3 is 24.7 Å². The Morgan fingerprint density at radius 2 is 2.27 bits per heavy atom. The lowest BCUT2D eigenvalue weighted by Crippen LogP contribution is -2.14. The Morgan fingerprint density at radius 1 is 1.60 bits per heavy atom. The molecule has 3 N–H and O–H groups in total. The second-order valence-electron chi connectivity index (χ2n) is 2.92. The smallest absolute Gasteiger partial charge is 0.305 e. The molecular weight excluding hydrogens is 202 g/mol. The molecule has 1 rings (SSSR count). The van der Waals surface area contributed by atoms with Gasteiger partial charge in [0, 0.05) is 12.1 Å². The summed E-state index contributed by atoms with van der Waals surface area (Å²) in [4.78, 5) is 10.5. The van der Waals surface area contributed by atoms with Gasteiger partial charge in [-0.2, -0.15) is 0 Å². The standard InChI is InChI=1S/C9H13NO5/c1-13-8-3-5(9(14-2)15-8)6(10)4-7(11)12/h3,6H,4,10H2,1-2H3,(H,11,12). The summed E-state index contributed by atoms with van der Waals surface area (Å²) in [6.07, 6.45) is -0.195. The summed E-state index contributed by atoms with van der Waals surface area (Å²) >= 11 is 0. The summed E-state index contributed by atoms with van der Waals surface area (Å²) in [7, 11) is 2.85. The van der Waals surface area contributed by atoms with Crippen molar-refractivity contribution in [2.45, 2.75) is 12.5 Å². The first-order valence-corrected chi connectivity index (χ1v) is 4.27. The molecule has 0 bridgehead atoms. The van der Waals surface area contributed by atoms with Crippen LogP contribution in [-0.2, 0) is 4.79 Å². The number of methoxy groups -OCH3 is 2. The summed E-state index contributed by atoms with van der Waals surface area (Å²) in [5, 5.41) is 8.59. The molecular formula is C9H13NO5. The van der Waals surface area contributed by atoms with Crippen molar-refractivity contribution in [1.29, 1.82) is 0 Å². The molecule has 84 valence electrons. The number of carboxylic acid groups (broad SMARTS) is 1. The Labute approximate surface area is 86.6 Å². The number of hydrogen-bond donors (Lipinski definition) is 2. The monoisotopic (exact) mass is 215 g/mol. The molecule has 1 aromatic heterocycles. The first kappa shape index (κ1) is 11.4. The number of nitrogens with two attached hydrogens (primary N) is 1. The van der Waals surface area contributed by atoms with Crippen molar-refractivity contribution in [2.24, 2.45) is 5.73 Å². The molecule has 0 radical (unpaired) electrons. The molecule has 0 saturated heterocycles. The maximum Gasteiger partial charge on any atom is 0.305 e. The zero-order valence-electron chi connectivity index (χ0n) is 8.52. The van der Waals surface area contributed by atoms with Gasteiger partial charge in [-0.1, -0.05) is 0 Å². The van der Waals surface area contributed by atoms with Crippen molar-refractivity contribution in [2.75, 3.05) is 14.2 Å². The van der Waals surface area contributed by atoms with E-state index in [2.05, 4.69) is 0 Å². The maximum atomic E-state index is 10.5. The SMILES string of the molecule is COc1cc(C(N)CC(=O)O)c(OC)o1. The summed E-state index contributed by atoms with van der Waals surface area (Å²) in [5.41, 5.74) is 6.15. The van der Waals surface area contributed by atoms with E-state index in [1.807, 2.05) is 0 Å². The number of carboxylic acids is 1. The van der Waals surface area contributed by atoms with Gasteiger partial charge in [0.05, 0.1) is 26.2 Å². The molecule has 0 aliphatic heterocycles. The van der Waals surface area contributed by atoms with Crippen molar-refractivity contribution in [3.05, 3.63) is 11.6 Å². The van der Waals surface area contributed by atoms with E-state index in [-0.39, 0.29) is 18.3 Å². The van der Waals surface area contributed by atoms with E-state index in [0.29, 0.717) is 5.56 Å². The fourth-order valence-corrected chi connectivity index (χ4v) is 1.18. The zero-order chi connectivity index (χ0) is 11.4. The average molecular weight is 215 g/mol. The molecule has 0 amide bonds. The summed E-state index contributed by atoms with van der Waals surface area (Å²) < 4.78 is 14.9. The lowest BCUT2D eigenvalue weighted by atomic mass is 10.1. The van der Waals surface area contributed by atoms with E-state index in [1.165, 1.54) is 20.3 Å². The second kappa shape index (κ2) is 4.70. The van der Waals surface area contributed by atoms with E-state index < -0.39 is 12.0 Å². The van der Waals surface area contributed by atoms with Crippen LogP contribution in [0.3, 0.4) is 0 Å². The van der Waals surface area contributed by atoms with E-state index in [1.54, 1.807) is 0 Å². The summed E-state index contributed by atoms with van der Waals surface area (Å²) in [6, 6.07) is 0.844. The van der Waals surface area contributed by atoms with Crippen molar-refractivity contribution in [3.8, 4) is 11.9 Å². The number of ether oxygens (including phenoxy) is 2. The van der Waals surface area contributed by atoms with Crippen molar-refractivity contribution in [3.63, 3.8) is 0 Å². The Hall–Kier alpha value is -1.69. The van der Waals surface area contributed by atoms with Crippen molar-refractivity contribution < 1.29 is 23.8 Å². The molecule has 15 heavy (non-hydrogen) atoms. The highest BCUT2D eigenvalue weighted by Crippen LogP contribution is 2.33. The number of hydrogen-bond acceptors (Lipinski definition) is 5. The molecule has 6 heteroatoms. The van der Waals surface area contributed by atoms with Gasteiger partial charge in [0.15, 0.2) is 0 Å². The van der Waals surface area contributed by atoms with Gasteiger partial charge in [0.2, 0.25) is 0 Å². The molecule has 1 heterocycles. The van der Waals surface area contributed by atoms with Gasteiger partial charge in [-0.3, -0.25) is 4.79 Å². The number of furan rings is 1. The fourth-order valence-electron chi connectivity index (χ4n) is 1.18. The number of aliphatic carboxylic acids is 1. The summed E-state index contributed by atoms with van der Waals surface area (Å²) in [6.45, 7) is 0. The lowest BCUT2D eigenvalue weighted by Gasteiger charge is -2.06. The normalized spacial score (nSPS) is 12.2. The van der Waals surface area contributed by atoms with Crippen LogP contribution in [0.2, 0.25) is 0 Å². The largest absolute Gasteiger partial charge is 0.481 e. The minimum Gasteiger partial charge on any atom is -0.481 e. The molecule has 0 fully saturated rings. The topological polar surface area (TPSA) is 94.9 Å². The predicted molar refractivity (Wildman–Crippen MR) is 51.0 cm³/mol. The molecule has 0 aromatic carbocycles. The number of carbonyl (C=O) groups is 1. The third kappa shape index (κ3) is 2.63. The third-order valence-electron chi connectivity index (χ3n) is 1.88. The molecule has 6 nitrogen and oxygen atoms in total. The first-order chi connectivity index (χ1) is 7.08. The molecule has 0 saturated carbocycles. The van der Waals surface area contributed by atoms with Crippen LogP contribution in [-0.4, -0.2) is 25.3 Å². The minimum atomic E-state index is -0.982. The Balaban J connectivity index is 2.90. The zero-order valence-corrected chi connectivity index (χ0v) is 8.52. The van der Waals surface area contributed by atoms with Crippen molar-refractivity contribution >= 4 is 5.97 Å². The fraction of sp³-hybridized carbons (Fsp3) is 0.444. The molecule has 0 spiro atoms. The van der Waals surface area contributed by atoms with Gasteiger partial charge in [-0.05, 0) is 0 Å². The molecule has 1 unspecified atom stereocenters. The average Bonchev–Trinajstić information content (AvgIpc) is 2.59. The van der Waals surface area contributed by atoms with Crippen LogP contribution in [0.15, 0.2) is 10.5 Å². The van der Waals surface area contributed by atoms with Crippen LogP contribution in [0, 0.1) is 0 Å². The predicted octanol–water partition coefficient (Wildman–Crippen LogP) is 0.771. The molecule has 1 atom stereocenters.